The van der Waals surface area contributed by atoms with Crippen LogP contribution >= 0.6 is 31.9 Å². The number of imide groups is 1. The summed E-state index contributed by atoms with van der Waals surface area (Å²) in [6.07, 6.45) is 3.11. The number of halogens is 2. The molecule has 1 fully saturated rings. The summed E-state index contributed by atoms with van der Waals surface area (Å²) in [6, 6.07) is 11.0. The van der Waals surface area contributed by atoms with Gasteiger partial charge in [0.1, 0.15) is 12.3 Å². The molecule has 1 saturated heterocycles. The molecule has 3 amide bonds. The molecule has 1 aliphatic rings. The summed E-state index contributed by atoms with van der Waals surface area (Å²) in [5.41, 5.74) is 1.89. The number of carbonyl (C=O) groups is 2. The molecule has 0 unspecified atom stereocenters. The Hall–Kier alpha value is -2.58. The van der Waals surface area contributed by atoms with E-state index in [0.717, 1.165) is 14.9 Å². The second-order valence-electron chi connectivity index (χ2n) is 6.37. The summed E-state index contributed by atoms with van der Waals surface area (Å²) in [6.45, 7) is 6.42. The van der Waals surface area contributed by atoms with Crippen molar-refractivity contribution in [3.8, 4) is 11.5 Å². The van der Waals surface area contributed by atoms with E-state index in [1.807, 2.05) is 37.3 Å². The largest absolute Gasteiger partial charge is 0.490 e. The van der Waals surface area contributed by atoms with E-state index < -0.39 is 11.9 Å². The highest BCUT2D eigenvalue weighted by Gasteiger charge is 2.32. The van der Waals surface area contributed by atoms with E-state index in [2.05, 4.69) is 43.8 Å². The van der Waals surface area contributed by atoms with Gasteiger partial charge in [-0.3, -0.25) is 9.69 Å². The third kappa shape index (κ3) is 5.12. The summed E-state index contributed by atoms with van der Waals surface area (Å²) in [5, 5.41) is 2.58. The first-order chi connectivity index (χ1) is 14.4. The van der Waals surface area contributed by atoms with Crippen molar-refractivity contribution in [3.63, 3.8) is 0 Å². The topological polar surface area (TPSA) is 67.9 Å². The van der Waals surface area contributed by atoms with E-state index in [0.29, 0.717) is 34.7 Å². The second-order valence-corrected chi connectivity index (χ2v) is 8.14. The quantitative estimate of drug-likeness (QED) is 0.284. The maximum Gasteiger partial charge on any atom is 0.329 e. The fraction of sp³-hybridized carbons (Fsp3) is 0.182. The van der Waals surface area contributed by atoms with Crippen molar-refractivity contribution in [2.45, 2.75) is 13.5 Å². The van der Waals surface area contributed by atoms with Crippen LogP contribution in [0, 0.1) is 0 Å². The van der Waals surface area contributed by atoms with Gasteiger partial charge in [-0.1, -0.05) is 34.1 Å². The number of nitrogens with zero attached hydrogens (tertiary/aromatic N) is 1. The van der Waals surface area contributed by atoms with Crippen LogP contribution in [-0.4, -0.2) is 30.0 Å². The molecule has 2 aromatic rings. The molecule has 30 heavy (non-hydrogen) atoms. The molecule has 0 bridgehead atoms. The minimum atomic E-state index is -0.468. The van der Waals surface area contributed by atoms with Crippen LogP contribution in [0.1, 0.15) is 18.1 Å². The number of benzene rings is 2. The van der Waals surface area contributed by atoms with Gasteiger partial charge in [0.15, 0.2) is 11.5 Å². The molecule has 3 rings (SSSR count). The van der Waals surface area contributed by atoms with E-state index in [-0.39, 0.29) is 12.2 Å². The Bertz CT molecular complexity index is 1000. The predicted molar refractivity (Wildman–Crippen MR) is 122 cm³/mol. The van der Waals surface area contributed by atoms with E-state index in [1.54, 1.807) is 12.1 Å². The lowest BCUT2D eigenvalue weighted by atomic mass is 10.1. The predicted octanol–water partition coefficient (Wildman–Crippen LogP) is 5.27. The monoisotopic (exact) mass is 534 g/mol. The van der Waals surface area contributed by atoms with Crippen LogP contribution in [0.4, 0.5) is 4.79 Å². The zero-order chi connectivity index (χ0) is 21.7. The van der Waals surface area contributed by atoms with Crippen LogP contribution in [0.5, 0.6) is 11.5 Å². The van der Waals surface area contributed by atoms with Crippen LogP contribution in [-0.2, 0) is 11.4 Å². The Balaban J connectivity index is 1.85. The minimum Gasteiger partial charge on any atom is -0.490 e. The molecule has 0 spiro atoms. The van der Waals surface area contributed by atoms with Crippen LogP contribution in [0.25, 0.3) is 6.08 Å². The molecule has 1 heterocycles. The summed E-state index contributed by atoms with van der Waals surface area (Å²) < 4.78 is 13.4. The molecule has 0 aromatic heterocycles. The maximum absolute atomic E-state index is 12.4. The summed E-state index contributed by atoms with van der Waals surface area (Å²) in [7, 11) is 0. The van der Waals surface area contributed by atoms with Gasteiger partial charge in [-0.25, -0.2) is 4.79 Å². The van der Waals surface area contributed by atoms with Crippen molar-refractivity contribution < 1.29 is 19.1 Å². The van der Waals surface area contributed by atoms with Gasteiger partial charge in [-0.05, 0) is 64.3 Å². The first kappa shape index (κ1) is 22.1. The van der Waals surface area contributed by atoms with Gasteiger partial charge in [0.2, 0.25) is 0 Å². The van der Waals surface area contributed by atoms with Crippen molar-refractivity contribution in [2.75, 3.05) is 13.2 Å². The van der Waals surface area contributed by atoms with E-state index in [4.69, 9.17) is 9.47 Å². The van der Waals surface area contributed by atoms with Gasteiger partial charge < -0.3 is 14.8 Å². The molecule has 0 atom stereocenters. The number of hydrogen-bond acceptors (Lipinski definition) is 4. The van der Waals surface area contributed by atoms with Crippen LogP contribution in [0.2, 0.25) is 0 Å². The van der Waals surface area contributed by atoms with E-state index >= 15 is 0 Å². The lowest BCUT2D eigenvalue weighted by molar-refractivity contribution is -0.122. The minimum absolute atomic E-state index is 0.152. The normalized spacial score (nSPS) is 14.8. The lowest BCUT2D eigenvalue weighted by Crippen LogP contribution is -2.30. The molecule has 6 nitrogen and oxygen atoms in total. The van der Waals surface area contributed by atoms with E-state index in [1.165, 1.54) is 6.08 Å². The Morgan fingerprint density at radius 2 is 1.87 bits per heavy atom. The molecule has 156 valence electrons. The Kier molecular flexibility index (Phi) is 7.33. The average molecular weight is 536 g/mol. The number of ether oxygens (including phenoxy) is 2. The zero-order valence-corrected chi connectivity index (χ0v) is 19.5. The standard InChI is InChI=1S/C22H20Br2N2O4/c1-3-9-26-21(27)18(25-22(26)28)11-15-10-17(24)20(19(12-15)29-4-2)30-13-14-5-7-16(23)8-6-14/h3,5-8,10-12H,1,4,9,13H2,2H3,(H,25,28)/b18-11+. The number of rotatable bonds is 8. The molecule has 1 aliphatic heterocycles. The highest BCUT2D eigenvalue weighted by molar-refractivity contribution is 9.10. The van der Waals surface area contributed by atoms with Gasteiger partial charge in [-0.15, -0.1) is 6.58 Å². The number of urea groups is 1. The highest BCUT2D eigenvalue weighted by atomic mass is 79.9. The van der Waals surface area contributed by atoms with Crippen molar-refractivity contribution in [2.24, 2.45) is 0 Å². The number of carbonyl (C=O) groups excluding carboxylic acids is 2. The summed E-state index contributed by atoms with van der Waals surface area (Å²) >= 11 is 6.95. The molecule has 8 heteroatoms. The summed E-state index contributed by atoms with van der Waals surface area (Å²) in [4.78, 5) is 25.5. The molecule has 0 saturated carbocycles. The number of nitrogens with one attached hydrogen (secondary N) is 1. The van der Waals surface area contributed by atoms with Gasteiger partial charge in [0.05, 0.1) is 11.1 Å². The molecule has 2 aromatic carbocycles. The lowest BCUT2D eigenvalue weighted by Gasteiger charge is -2.15. The van der Waals surface area contributed by atoms with Gasteiger partial charge in [-0.2, -0.15) is 0 Å². The first-order valence-electron chi connectivity index (χ1n) is 9.22. The molecule has 1 N–H and O–H groups in total. The van der Waals surface area contributed by atoms with Gasteiger partial charge >= 0.3 is 6.03 Å². The van der Waals surface area contributed by atoms with Crippen LogP contribution in [0.3, 0.4) is 0 Å². The van der Waals surface area contributed by atoms with E-state index in [9.17, 15) is 9.59 Å². The molecular formula is C22H20Br2N2O4. The molecule has 0 aliphatic carbocycles. The Labute approximate surface area is 191 Å². The molecular weight excluding hydrogens is 516 g/mol. The summed E-state index contributed by atoms with van der Waals surface area (Å²) in [5.74, 6) is 0.706. The van der Waals surface area contributed by atoms with Crippen LogP contribution < -0.4 is 14.8 Å². The molecule has 0 radical (unpaired) electrons. The van der Waals surface area contributed by atoms with Crippen molar-refractivity contribution in [1.82, 2.24) is 10.2 Å². The maximum atomic E-state index is 12.4. The SMILES string of the molecule is C=CCN1C(=O)N/C(=C/c2cc(Br)c(OCc3ccc(Br)cc3)c(OCC)c2)C1=O. The van der Waals surface area contributed by atoms with Crippen LogP contribution in [0.15, 0.2) is 63.7 Å². The smallest absolute Gasteiger partial charge is 0.329 e. The fourth-order valence-corrected chi connectivity index (χ4v) is 3.68. The van der Waals surface area contributed by atoms with Crippen molar-refractivity contribution >= 4 is 49.9 Å². The Morgan fingerprint density at radius 3 is 2.53 bits per heavy atom. The Morgan fingerprint density at radius 1 is 1.13 bits per heavy atom. The fourth-order valence-electron chi connectivity index (χ4n) is 2.84. The van der Waals surface area contributed by atoms with Gasteiger partial charge in [0, 0.05) is 11.0 Å². The van der Waals surface area contributed by atoms with Gasteiger partial charge in [0.25, 0.3) is 5.91 Å². The first-order valence-corrected chi connectivity index (χ1v) is 10.8. The van der Waals surface area contributed by atoms with Crippen molar-refractivity contribution in [3.05, 3.63) is 74.8 Å². The average Bonchev–Trinajstić information content (AvgIpc) is 2.97. The number of amides is 3. The second kappa shape index (κ2) is 9.95. The number of hydrogen-bond donors (Lipinski definition) is 1. The third-order valence-electron chi connectivity index (χ3n) is 4.21. The van der Waals surface area contributed by atoms with Crippen molar-refractivity contribution in [1.29, 1.82) is 0 Å². The third-order valence-corrected chi connectivity index (χ3v) is 5.33. The highest BCUT2D eigenvalue weighted by Crippen LogP contribution is 2.38. The zero-order valence-electron chi connectivity index (χ0n) is 16.3.